The molecule has 0 atom stereocenters. The van der Waals surface area contributed by atoms with E-state index < -0.39 is 0 Å². The number of benzene rings is 1. The maximum absolute atomic E-state index is 13.0. The second-order valence-corrected chi connectivity index (χ2v) is 6.20. The summed E-state index contributed by atoms with van der Waals surface area (Å²) in [7, 11) is 0. The molecule has 2 aliphatic carbocycles. The van der Waals surface area contributed by atoms with Crippen molar-refractivity contribution in [2.24, 2.45) is 0 Å². The molecule has 120 valence electrons. The Morgan fingerprint density at radius 3 is 2.30 bits per heavy atom. The van der Waals surface area contributed by atoms with Crippen LogP contribution in [-0.4, -0.2) is 16.1 Å². The minimum atomic E-state index is -0.0128. The Hall–Kier alpha value is -1.75. The van der Waals surface area contributed by atoms with Crippen LogP contribution in [0.25, 0.3) is 0 Å². The molecule has 0 unspecified atom stereocenters. The van der Waals surface area contributed by atoms with Gasteiger partial charge >= 0.3 is 0 Å². The molecular weight excluding hydrogens is 356 g/mol. The van der Waals surface area contributed by atoms with Gasteiger partial charge in [0.25, 0.3) is 5.82 Å². The van der Waals surface area contributed by atoms with Gasteiger partial charge in [0.15, 0.2) is 0 Å². The minimum Gasteiger partial charge on any atom is -1.00 e. The average Bonchev–Trinajstić information content (AvgIpc) is 3.31. The predicted molar refractivity (Wildman–Crippen MR) is 81.2 cm³/mol. The first-order chi connectivity index (χ1) is 10.6. The van der Waals surface area contributed by atoms with Crippen LogP contribution < -0.4 is 21.5 Å². The smallest absolute Gasteiger partial charge is 0.254 e. The van der Waals surface area contributed by atoms with Crippen LogP contribution in [0.2, 0.25) is 0 Å². The lowest BCUT2D eigenvalue weighted by molar-refractivity contribution is -0.704. The third-order valence-electron chi connectivity index (χ3n) is 4.68. The summed E-state index contributed by atoms with van der Waals surface area (Å²) in [5, 5.41) is 0. The zero-order valence-electron chi connectivity index (χ0n) is 13.3. The molecule has 1 aromatic heterocycles. The molecule has 1 saturated carbocycles. The van der Waals surface area contributed by atoms with E-state index in [1.807, 2.05) is 23.6 Å². The Morgan fingerprint density at radius 2 is 1.74 bits per heavy atom. The second kappa shape index (κ2) is 5.71. The SMILES string of the molecule is CCC[n+]1c2c(n(C3CC3)c1C)C(=O)c1ccccc1C2=O.[Br-]. The van der Waals surface area contributed by atoms with Gasteiger partial charge in [0, 0.05) is 18.1 Å². The highest BCUT2D eigenvalue weighted by molar-refractivity contribution is 6.26. The van der Waals surface area contributed by atoms with E-state index >= 15 is 0 Å². The summed E-state index contributed by atoms with van der Waals surface area (Å²) in [5.41, 5.74) is 2.29. The van der Waals surface area contributed by atoms with Crippen LogP contribution in [0.15, 0.2) is 24.3 Å². The van der Waals surface area contributed by atoms with Gasteiger partial charge in [-0.25, -0.2) is 9.13 Å². The van der Waals surface area contributed by atoms with E-state index in [0.717, 1.165) is 31.6 Å². The van der Waals surface area contributed by atoms with E-state index in [2.05, 4.69) is 11.5 Å². The average molecular weight is 375 g/mol. The molecule has 0 bridgehead atoms. The fraction of sp³-hybridized carbons (Fsp3) is 0.389. The summed E-state index contributed by atoms with van der Waals surface area (Å²) in [5.74, 6) is 1.01. The molecule has 0 spiro atoms. The van der Waals surface area contributed by atoms with Crippen LogP contribution in [0.4, 0.5) is 0 Å². The van der Waals surface area contributed by atoms with Crippen molar-refractivity contribution in [2.45, 2.75) is 45.7 Å². The first kappa shape index (κ1) is 16.1. The van der Waals surface area contributed by atoms with Crippen LogP contribution in [0.1, 0.15) is 70.2 Å². The minimum absolute atomic E-state index is 0. The lowest BCUT2D eigenvalue weighted by atomic mass is 9.90. The zero-order chi connectivity index (χ0) is 15.4. The topological polar surface area (TPSA) is 43.0 Å². The fourth-order valence-corrected chi connectivity index (χ4v) is 3.55. The van der Waals surface area contributed by atoms with Crippen molar-refractivity contribution in [3.8, 4) is 0 Å². The van der Waals surface area contributed by atoms with Crippen LogP contribution >= 0.6 is 0 Å². The summed E-state index contributed by atoms with van der Waals surface area (Å²) in [6.45, 7) is 4.89. The van der Waals surface area contributed by atoms with Gasteiger partial charge in [-0.05, 0) is 19.3 Å². The molecule has 4 rings (SSSR count). The van der Waals surface area contributed by atoms with Crippen LogP contribution in [0, 0.1) is 6.92 Å². The Kier molecular flexibility index (Phi) is 4.00. The maximum atomic E-state index is 13.0. The van der Waals surface area contributed by atoms with Gasteiger partial charge in [-0.3, -0.25) is 9.59 Å². The number of rotatable bonds is 3. The number of aromatic nitrogens is 2. The normalized spacial score (nSPS) is 15.9. The molecule has 4 nitrogen and oxygen atoms in total. The molecule has 0 radical (unpaired) electrons. The van der Waals surface area contributed by atoms with Gasteiger partial charge in [-0.1, -0.05) is 31.2 Å². The lowest BCUT2D eigenvalue weighted by Gasteiger charge is -2.12. The third kappa shape index (κ3) is 2.21. The summed E-state index contributed by atoms with van der Waals surface area (Å²) in [4.78, 5) is 26.0. The number of carbonyl (C=O) groups is 2. The van der Waals surface area contributed by atoms with Gasteiger partial charge < -0.3 is 17.0 Å². The number of carbonyl (C=O) groups excluding carboxylic acids is 2. The molecule has 0 aliphatic heterocycles. The molecule has 0 amide bonds. The highest BCUT2D eigenvalue weighted by atomic mass is 79.9. The van der Waals surface area contributed by atoms with Crippen molar-refractivity contribution in [3.05, 3.63) is 52.6 Å². The highest BCUT2D eigenvalue weighted by Gasteiger charge is 2.46. The summed E-state index contributed by atoms with van der Waals surface area (Å²) < 4.78 is 4.16. The van der Waals surface area contributed by atoms with Crippen molar-refractivity contribution in [1.82, 2.24) is 4.57 Å². The van der Waals surface area contributed by atoms with Crippen LogP contribution in [-0.2, 0) is 6.54 Å². The molecule has 2 aromatic rings. The standard InChI is InChI=1S/C18H19N2O2.BrH/c1-3-10-19-11(2)20(12-8-9-12)16-15(19)17(21)13-6-4-5-7-14(13)18(16)22;/h4-7,12H,3,8-10H2,1-2H3;1H/q+1;/p-1. The van der Waals surface area contributed by atoms with Crippen molar-refractivity contribution in [1.29, 1.82) is 0 Å². The third-order valence-corrected chi connectivity index (χ3v) is 4.68. The van der Waals surface area contributed by atoms with Crippen molar-refractivity contribution in [3.63, 3.8) is 0 Å². The first-order valence-electron chi connectivity index (χ1n) is 7.98. The number of hydrogen-bond donors (Lipinski definition) is 0. The Labute approximate surface area is 145 Å². The Balaban J connectivity index is 0.00000156. The number of imidazole rings is 1. The summed E-state index contributed by atoms with van der Waals surface area (Å²) in [6.07, 6.45) is 3.13. The number of halogens is 1. The molecule has 5 heteroatoms. The zero-order valence-corrected chi connectivity index (χ0v) is 14.9. The number of nitrogens with zero attached hydrogens (tertiary/aromatic N) is 2. The van der Waals surface area contributed by atoms with E-state index in [-0.39, 0.29) is 28.5 Å². The van der Waals surface area contributed by atoms with E-state index in [4.69, 9.17) is 0 Å². The largest absolute Gasteiger partial charge is 1.00 e. The first-order valence-corrected chi connectivity index (χ1v) is 7.98. The molecule has 1 heterocycles. The lowest BCUT2D eigenvalue weighted by Crippen LogP contribution is -3.00. The molecule has 0 N–H and O–H groups in total. The second-order valence-electron chi connectivity index (χ2n) is 6.20. The molecule has 23 heavy (non-hydrogen) atoms. The van der Waals surface area contributed by atoms with Gasteiger partial charge in [-0.15, -0.1) is 0 Å². The van der Waals surface area contributed by atoms with Crippen molar-refractivity contribution in [2.75, 3.05) is 0 Å². The van der Waals surface area contributed by atoms with Crippen LogP contribution in [0.5, 0.6) is 0 Å². The predicted octanol–water partition coefficient (Wildman–Crippen LogP) is -0.392. The number of fused-ring (bicyclic) bond motifs is 2. The van der Waals surface area contributed by atoms with Crippen LogP contribution in [0.3, 0.4) is 0 Å². The Morgan fingerprint density at radius 1 is 1.13 bits per heavy atom. The van der Waals surface area contributed by atoms with E-state index in [1.165, 1.54) is 0 Å². The van der Waals surface area contributed by atoms with E-state index in [9.17, 15) is 9.59 Å². The number of hydrogen-bond acceptors (Lipinski definition) is 2. The number of ketones is 2. The van der Waals surface area contributed by atoms with Gasteiger partial charge in [0.2, 0.25) is 23.0 Å². The molecule has 0 saturated heterocycles. The maximum Gasteiger partial charge on any atom is 0.254 e. The molecule has 1 fully saturated rings. The Bertz CT molecular complexity index is 819. The molecular formula is C18H19BrN2O2. The highest BCUT2D eigenvalue weighted by Crippen LogP contribution is 2.39. The van der Waals surface area contributed by atoms with Gasteiger partial charge in [0.05, 0.1) is 6.54 Å². The quantitative estimate of drug-likeness (QED) is 0.586. The van der Waals surface area contributed by atoms with Crippen molar-refractivity contribution < 1.29 is 31.1 Å². The van der Waals surface area contributed by atoms with E-state index in [1.54, 1.807) is 12.1 Å². The molecule has 1 aromatic carbocycles. The van der Waals surface area contributed by atoms with E-state index in [0.29, 0.717) is 28.6 Å². The summed E-state index contributed by atoms with van der Waals surface area (Å²) in [6, 6.07) is 7.56. The molecule has 2 aliphatic rings. The van der Waals surface area contributed by atoms with Gasteiger partial charge in [0.1, 0.15) is 6.04 Å². The van der Waals surface area contributed by atoms with Gasteiger partial charge in [-0.2, -0.15) is 0 Å². The van der Waals surface area contributed by atoms with Crippen molar-refractivity contribution >= 4 is 11.6 Å². The monoisotopic (exact) mass is 374 g/mol. The fourth-order valence-electron chi connectivity index (χ4n) is 3.55. The summed E-state index contributed by atoms with van der Waals surface area (Å²) >= 11 is 0.